The maximum Gasteiger partial charge on any atom is 0.130 e. The minimum atomic E-state index is -0.394. The lowest BCUT2D eigenvalue weighted by Gasteiger charge is -2.01. The van der Waals surface area contributed by atoms with Crippen LogP contribution < -0.4 is 0 Å². The Morgan fingerprint density at radius 1 is 1.31 bits per heavy atom. The molecular weight excluding hydrogens is 167 g/mol. The summed E-state index contributed by atoms with van der Waals surface area (Å²) < 4.78 is 13.2. The fourth-order valence-electron chi connectivity index (χ4n) is 1.65. The third kappa shape index (κ3) is 1.63. The molecule has 1 unspecified atom stereocenters. The highest BCUT2D eigenvalue weighted by Crippen LogP contribution is 2.29. The smallest absolute Gasteiger partial charge is 0.130 e. The highest BCUT2D eigenvalue weighted by Gasteiger charge is 2.16. The predicted molar refractivity (Wildman–Crippen MR) is 49.6 cm³/mol. The SMILES string of the molecule is OC1C=C(c2ccccc2F)CC1. The Labute approximate surface area is 76.5 Å². The van der Waals surface area contributed by atoms with Gasteiger partial charge in [-0.05, 0) is 24.5 Å². The first-order valence-corrected chi connectivity index (χ1v) is 4.41. The lowest BCUT2D eigenvalue weighted by atomic mass is 10.1. The Morgan fingerprint density at radius 3 is 2.69 bits per heavy atom. The molecule has 0 heterocycles. The summed E-state index contributed by atoms with van der Waals surface area (Å²) in [5.74, 6) is -0.206. The van der Waals surface area contributed by atoms with Crippen LogP contribution in [-0.4, -0.2) is 11.2 Å². The fourth-order valence-corrected chi connectivity index (χ4v) is 1.65. The highest BCUT2D eigenvalue weighted by molar-refractivity contribution is 5.68. The van der Waals surface area contributed by atoms with Gasteiger partial charge in [0.25, 0.3) is 0 Å². The maximum absolute atomic E-state index is 13.2. The highest BCUT2D eigenvalue weighted by atomic mass is 19.1. The monoisotopic (exact) mass is 178 g/mol. The van der Waals surface area contributed by atoms with Gasteiger partial charge in [-0.1, -0.05) is 24.3 Å². The molecule has 0 fully saturated rings. The molecule has 1 atom stereocenters. The third-order valence-electron chi connectivity index (χ3n) is 2.32. The molecule has 0 radical (unpaired) electrons. The summed E-state index contributed by atoms with van der Waals surface area (Å²) in [7, 11) is 0. The van der Waals surface area contributed by atoms with E-state index in [1.165, 1.54) is 6.07 Å². The quantitative estimate of drug-likeness (QED) is 0.700. The van der Waals surface area contributed by atoms with Crippen LogP contribution in [-0.2, 0) is 0 Å². The summed E-state index contributed by atoms with van der Waals surface area (Å²) in [5, 5.41) is 9.25. The van der Waals surface area contributed by atoms with Crippen LogP contribution in [0.2, 0.25) is 0 Å². The van der Waals surface area contributed by atoms with E-state index in [9.17, 15) is 9.50 Å². The zero-order valence-electron chi connectivity index (χ0n) is 7.20. The number of benzene rings is 1. The lowest BCUT2D eigenvalue weighted by molar-refractivity contribution is 0.223. The first kappa shape index (κ1) is 8.45. The standard InChI is InChI=1S/C11H11FO/c12-11-4-2-1-3-10(11)8-5-6-9(13)7-8/h1-4,7,9,13H,5-6H2. The first-order chi connectivity index (χ1) is 6.27. The van der Waals surface area contributed by atoms with Gasteiger partial charge in [-0.25, -0.2) is 4.39 Å². The molecule has 1 aromatic rings. The van der Waals surface area contributed by atoms with E-state index in [1.807, 2.05) is 6.07 Å². The maximum atomic E-state index is 13.2. The van der Waals surface area contributed by atoms with Crippen molar-refractivity contribution in [3.63, 3.8) is 0 Å². The number of hydrogen-bond donors (Lipinski definition) is 1. The number of halogens is 1. The van der Waals surface area contributed by atoms with Gasteiger partial charge in [0.2, 0.25) is 0 Å². The minimum Gasteiger partial charge on any atom is -0.389 e. The molecule has 13 heavy (non-hydrogen) atoms. The van der Waals surface area contributed by atoms with Gasteiger partial charge >= 0.3 is 0 Å². The second-order valence-electron chi connectivity index (χ2n) is 3.28. The molecule has 0 amide bonds. The number of rotatable bonds is 1. The Hall–Kier alpha value is -1.15. The van der Waals surface area contributed by atoms with E-state index < -0.39 is 6.10 Å². The van der Waals surface area contributed by atoms with Crippen LogP contribution >= 0.6 is 0 Å². The molecule has 2 heteroatoms. The van der Waals surface area contributed by atoms with E-state index in [1.54, 1.807) is 18.2 Å². The van der Waals surface area contributed by atoms with Gasteiger partial charge < -0.3 is 5.11 Å². The van der Waals surface area contributed by atoms with Crippen LogP contribution in [0, 0.1) is 5.82 Å². The van der Waals surface area contributed by atoms with Crippen molar-refractivity contribution in [2.24, 2.45) is 0 Å². The molecule has 1 aromatic carbocycles. The van der Waals surface area contributed by atoms with Crippen LogP contribution in [0.4, 0.5) is 4.39 Å². The lowest BCUT2D eigenvalue weighted by Crippen LogP contribution is -1.93. The topological polar surface area (TPSA) is 20.2 Å². The molecule has 0 bridgehead atoms. The molecule has 0 spiro atoms. The van der Waals surface area contributed by atoms with E-state index in [0.717, 1.165) is 12.0 Å². The number of allylic oxidation sites excluding steroid dienone is 1. The van der Waals surface area contributed by atoms with Gasteiger partial charge in [-0.15, -0.1) is 0 Å². The zero-order chi connectivity index (χ0) is 9.26. The van der Waals surface area contributed by atoms with Crippen molar-refractivity contribution in [2.45, 2.75) is 18.9 Å². The first-order valence-electron chi connectivity index (χ1n) is 4.41. The number of hydrogen-bond acceptors (Lipinski definition) is 1. The molecule has 0 saturated heterocycles. The van der Waals surface area contributed by atoms with Gasteiger partial charge in [-0.3, -0.25) is 0 Å². The third-order valence-corrected chi connectivity index (χ3v) is 2.32. The van der Waals surface area contributed by atoms with Crippen LogP contribution in [0.25, 0.3) is 5.57 Å². The van der Waals surface area contributed by atoms with Gasteiger partial charge in [0.15, 0.2) is 0 Å². The molecule has 1 aliphatic carbocycles. The van der Waals surface area contributed by atoms with Crippen molar-refractivity contribution in [3.8, 4) is 0 Å². The van der Waals surface area contributed by atoms with Crippen molar-refractivity contribution < 1.29 is 9.50 Å². The van der Waals surface area contributed by atoms with Crippen LogP contribution in [0.3, 0.4) is 0 Å². The van der Waals surface area contributed by atoms with Gasteiger partial charge in [0, 0.05) is 5.56 Å². The Morgan fingerprint density at radius 2 is 2.08 bits per heavy atom. The van der Waals surface area contributed by atoms with Crippen LogP contribution in [0.1, 0.15) is 18.4 Å². The Kier molecular flexibility index (Phi) is 2.15. The van der Waals surface area contributed by atoms with Gasteiger partial charge in [0.1, 0.15) is 5.82 Å². The average Bonchev–Trinajstić information content (AvgIpc) is 2.53. The molecule has 0 aliphatic heterocycles. The van der Waals surface area contributed by atoms with E-state index >= 15 is 0 Å². The molecule has 68 valence electrons. The van der Waals surface area contributed by atoms with Gasteiger partial charge in [0.05, 0.1) is 6.10 Å². The molecule has 2 rings (SSSR count). The molecule has 0 aromatic heterocycles. The molecule has 0 saturated carbocycles. The fraction of sp³-hybridized carbons (Fsp3) is 0.273. The zero-order valence-corrected chi connectivity index (χ0v) is 7.20. The predicted octanol–water partition coefficient (Wildman–Crippen LogP) is 2.36. The van der Waals surface area contributed by atoms with Crippen molar-refractivity contribution in [2.75, 3.05) is 0 Å². The molecular formula is C11H11FO. The van der Waals surface area contributed by atoms with Crippen molar-refractivity contribution in [1.82, 2.24) is 0 Å². The summed E-state index contributed by atoms with van der Waals surface area (Å²) in [6.07, 6.45) is 2.82. The average molecular weight is 178 g/mol. The summed E-state index contributed by atoms with van der Waals surface area (Å²) >= 11 is 0. The Bertz CT molecular complexity index is 344. The summed E-state index contributed by atoms with van der Waals surface area (Å²) in [4.78, 5) is 0. The van der Waals surface area contributed by atoms with E-state index in [2.05, 4.69) is 0 Å². The van der Waals surface area contributed by atoms with E-state index in [0.29, 0.717) is 12.0 Å². The largest absolute Gasteiger partial charge is 0.389 e. The second-order valence-corrected chi connectivity index (χ2v) is 3.28. The van der Waals surface area contributed by atoms with E-state index in [-0.39, 0.29) is 5.82 Å². The summed E-state index contributed by atoms with van der Waals surface area (Å²) in [6, 6.07) is 6.68. The summed E-state index contributed by atoms with van der Waals surface area (Å²) in [5.41, 5.74) is 1.55. The van der Waals surface area contributed by atoms with Crippen molar-refractivity contribution in [3.05, 3.63) is 41.7 Å². The number of aliphatic hydroxyl groups is 1. The molecule has 1 nitrogen and oxygen atoms in total. The van der Waals surface area contributed by atoms with Crippen molar-refractivity contribution >= 4 is 5.57 Å². The second kappa shape index (κ2) is 3.30. The van der Waals surface area contributed by atoms with Crippen molar-refractivity contribution in [1.29, 1.82) is 0 Å². The minimum absolute atomic E-state index is 0.206. The van der Waals surface area contributed by atoms with Gasteiger partial charge in [-0.2, -0.15) is 0 Å². The van der Waals surface area contributed by atoms with E-state index in [4.69, 9.17) is 0 Å². The van der Waals surface area contributed by atoms with Crippen LogP contribution in [0.5, 0.6) is 0 Å². The van der Waals surface area contributed by atoms with Crippen LogP contribution in [0.15, 0.2) is 30.3 Å². The molecule has 1 N–H and O–H groups in total. The number of aliphatic hydroxyl groups excluding tert-OH is 1. The summed E-state index contributed by atoms with van der Waals surface area (Å²) in [6.45, 7) is 0. The normalized spacial score (nSPS) is 21.7. The molecule has 1 aliphatic rings. The Balaban J connectivity index is 2.36.